The molecule has 0 aliphatic heterocycles. The average Bonchev–Trinajstić information content (AvgIpc) is 2.47. The van der Waals surface area contributed by atoms with Crippen LogP contribution in [0.1, 0.15) is 57.9 Å². The standard InChI is InChI=1S/C19H27N3O/c1-14-7-8-15(11-20-14)19(5,6)9-10-23-17-21-12-16(13-22-17)18(2,3)4/h7-8,11-13H,9-10H2,1-6H3. The van der Waals surface area contributed by atoms with Crippen LogP contribution in [0.4, 0.5) is 0 Å². The summed E-state index contributed by atoms with van der Waals surface area (Å²) in [6, 6.07) is 4.62. The maximum Gasteiger partial charge on any atom is 0.316 e. The van der Waals surface area contributed by atoms with Gasteiger partial charge in [-0.3, -0.25) is 4.98 Å². The highest BCUT2D eigenvalue weighted by atomic mass is 16.5. The Morgan fingerprint density at radius 3 is 2.00 bits per heavy atom. The van der Waals surface area contributed by atoms with E-state index in [-0.39, 0.29) is 10.8 Å². The summed E-state index contributed by atoms with van der Waals surface area (Å²) in [5, 5.41) is 0. The monoisotopic (exact) mass is 313 g/mol. The third kappa shape index (κ3) is 4.75. The number of nitrogens with zero attached hydrogens (tertiary/aromatic N) is 3. The van der Waals surface area contributed by atoms with E-state index in [9.17, 15) is 0 Å². The van der Waals surface area contributed by atoms with E-state index in [4.69, 9.17) is 4.74 Å². The molecule has 2 heterocycles. The third-order valence-electron chi connectivity index (χ3n) is 4.15. The van der Waals surface area contributed by atoms with Gasteiger partial charge < -0.3 is 4.74 Å². The van der Waals surface area contributed by atoms with Gasteiger partial charge in [0.1, 0.15) is 0 Å². The maximum absolute atomic E-state index is 5.71. The zero-order valence-electron chi connectivity index (χ0n) is 15.1. The minimum atomic E-state index is 0.00600. The van der Waals surface area contributed by atoms with Gasteiger partial charge in [-0.05, 0) is 41.4 Å². The topological polar surface area (TPSA) is 47.9 Å². The SMILES string of the molecule is Cc1ccc(C(C)(C)CCOc2ncc(C(C)(C)C)cn2)cn1. The fourth-order valence-electron chi connectivity index (χ4n) is 2.19. The van der Waals surface area contributed by atoms with Gasteiger partial charge in [0.2, 0.25) is 0 Å². The summed E-state index contributed by atoms with van der Waals surface area (Å²) < 4.78 is 5.71. The van der Waals surface area contributed by atoms with Crippen molar-refractivity contribution in [2.45, 2.75) is 58.8 Å². The summed E-state index contributed by atoms with van der Waals surface area (Å²) in [6.07, 6.45) is 6.51. The smallest absolute Gasteiger partial charge is 0.316 e. The second-order valence-corrected chi connectivity index (χ2v) is 7.67. The molecule has 0 saturated heterocycles. The molecule has 0 fully saturated rings. The van der Waals surface area contributed by atoms with E-state index in [1.54, 1.807) is 0 Å². The predicted molar refractivity (Wildman–Crippen MR) is 92.8 cm³/mol. The van der Waals surface area contributed by atoms with Crippen LogP contribution in [-0.4, -0.2) is 21.6 Å². The molecule has 0 aliphatic carbocycles. The third-order valence-corrected chi connectivity index (χ3v) is 4.15. The molecule has 0 atom stereocenters. The fourth-order valence-corrected chi connectivity index (χ4v) is 2.19. The van der Waals surface area contributed by atoms with E-state index in [0.29, 0.717) is 12.6 Å². The highest BCUT2D eigenvalue weighted by molar-refractivity contribution is 5.22. The molecule has 0 unspecified atom stereocenters. The molecule has 0 N–H and O–H groups in total. The molecule has 0 saturated carbocycles. The quantitative estimate of drug-likeness (QED) is 0.829. The Labute approximate surface area is 139 Å². The normalized spacial score (nSPS) is 12.3. The second kappa shape index (κ2) is 6.65. The lowest BCUT2D eigenvalue weighted by Gasteiger charge is -2.24. The van der Waals surface area contributed by atoms with Gasteiger partial charge in [0.15, 0.2) is 0 Å². The summed E-state index contributed by atoms with van der Waals surface area (Å²) in [7, 11) is 0. The van der Waals surface area contributed by atoms with Crippen molar-refractivity contribution < 1.29 is 4.74 Å². The lowest BCUT2D eigenvalue weighted by molar-refractivity contribution is 0.253. The second-order valence-electron chi connectivity index (χ2n) is 7.67. The van der Waals surface area contributed by atoms with Gasteiger partial charge in [0, 0.05) is 24.3 Å². The van der Waals surface area contributed by atoms with Crippen molar-refractivity contribution in [3.05, 3.63) is 47.5 Å². The van der Waals surface area contributed by atoms with E-state index in [1.807, 2.05) is 31.6 Å². The van der Waals surface area contributed by atoms with Crippen LogP contribution in [-0.2, 0) is 10.8 Å². The fraction of sp³-hybridized carbons (Fsp3) is 0.526. The van der Waals surface area contributed by atoms with E-state index in [2.05, 4.69) is 55.6 Å². The van der Waals surface area contributed by atoms with E-state index in [1.165, 1.54) is 5.56 Å². The van der Waals surface area contributed by atoms with Crippen LogP contribution in [0.25, 0.3) is 0 Å². The summed E-state index contributed by atoms with van der Waals surface area (Å²) in [6.45, 7) is 13.4. The summed E-state index contributed by atoms with van der Waals surface area (Å²) in [5.74, 6) is 0. The molecule has 124 valence electrons. The summed E-state index contributed by atoms with van der Waals surface area (Å²) >= 11 is 0. The van der Waals surface area contributed by atoms with Crippen LogP contribution in [0.3, 0.4) is 0 Å². The highest BCUT2D eigenvalue weighted by Gasteiger charge is 2.21. The van der Waals surface area contributed by atoms with Crippen molar-refractivity contribution in [2.24, 2.45) is 0 Å². The van der Waals surface area contributed by atoms with Crippen molar-refractivity contribution >= 4 is 0 Å². The Balaban J connectivity index is 1.92. The summed E-state index contributed by atoms with van der Waals surface area (Å²) in [4.78, 5) is 13.0. The van der Waals surface area contributed by atoms with Gasteiger partial charge in [0.25, 0.3) is 0 Å². The summed E-state index contributed by atoms with van der Waals surface area (Å²) in [5.41, 5.74) is 3.42. The molecule has 0 radical (unpaired) electrons. The van der Waals surface area contributed by atoms with Gasteiger partial charge in [0.05, 0.1) is 6.61 Å². The first kappa shape index (κ1) is 17.4. The molecule has 2 aromatic rings. The Morgan fingerprint density at radius 2 is 1.48 bits per heavy atom. The van der Waals surface area contributed by atoms with Gasteiger partial charge >= 0.3 is 6.01 Å². The van der Waals surface area contributed by atoms with Gasteiger partial charge in [-0.1, -0.05) is 40.7 Å². The Bertz CT molecular complexity index is 625. The molecule has 0 bridgehead atoms. The Morgan fingerprint density at radius 1 is 0.870 bits per heavy atom. The molecule has 23 heavy (non-hydrogen) atoms. The molecular formula is C19H27N3O. The van der Waals surface area contributed by atoms with Crippen LogP contribution in [0.15, 0.2) is 30.7 Å². The molecule has 0 aliphatic rings. The molecule has 4 nitrogen and oxygen atoms in total. The first-order valence-electron chi connectivity index (χ1n) is 8.07. The number of ether oxygens (including phenoxy) is 1. The number of hydrogen-bond acceptors (Lipinski definition) is 4. The first-order chi connectivity index (χ1) is 10.7. The molecule has 4 heteroatoms. The molecule has 2 aromatic heterocycles. The van der Waals surface area contributed by atoms with E-state index in [0.717, 1.165) is 17.7 Å². The zero-order valence-corrected chi connectivity index (χ0v) is 15.1. The van der Waals surface area contributed by atoms with Crippen LogP contribution >= 0.6 is 0 Å². The van der Waals surface area contributed by atoms with Gasteiger partial charge in [-0.15, -0.1) is 0 Å². The van der Waals surface area contributed by atoms with Crippen molar-refractivity contribution in [1.29, 1.82) is 0 Å². The number of pyridine rings is 1. The lowest BCUT2D eigenvalue weighted by atomic mass is 9.83. The molecule has 0 spiro atoms. The van der Waals surface area contributed by atoms with E-state index >= 15 is 0 Å². The number of hydrogen-bond donors (Lipinski definition) is 0. The minimum Gasteiger partial charge on any atom is -0.463 e. The van der Waals surface area contributed by atoms with Crippen LogP contribution in [0, 0.1) is 6.92 Å². The highest BCUT2D eigenvalue weighted by Crippen LogP contribution is 2.26. The zero-order chi connectivity index (χ0) is 17.1. The van der Waals surface area contributed by atoms with Crippen LogP contribution in [0.2, 0.25) is 0 Å². The van der Waals surface area contributed by atoms with Crippen molar-refractivity contribution in [2.75, 3.05) is 6.61 Å². The Hall–Kier alpha value is -1.97. The van der Waals surface area contributed by atoms with Gasteiger partial charge in [-0.2, -0.15) is 0 Å². The van der Waals surface area contributed by atoms with Crippen LogP contribution in [0.5, 0.6) is 6.01 Å². The Kier molecular flexibility index (Phi) is 5.03. The van der Waals surface area contributed by atoms with Crippen molar-refractivity contribution in [3.8, 4) is 6.01 Å². The number of aromatic nitrogens is 3. The number of aryl methyl sites for hydroxylation is 1. The lowest BCUT2D eigenvalue weighted by Crippen LogP contribution is -2.21. The largest absolute Gasteiger partial charge is 0.463 e. The first-order valence-corrected chi connectivity index (χ1v) is 8.07. The maximum atomic E-state index is 5.71. The van der Waals surface area contributed by atoms with E-state index < -0.39 is 0 Å². The number of rotatable bonds is 5. The van der Waals surface area contributed by atoms with Crippen LogP contribution < -0.4 is 4.74 Å². The minimum absolute atomic E-state index is 0.00600. The van der Waals surface area contributed by atoms with Crippen molar-refractivity contribution in [1.82, 2.24) is 15.0 Å². The van der Waals surface area contributed by atoms with Gasteiger partial charge in [-0.25, -0.2) is 9.97 Å². The van der Waals surface area contributed by atoms with Crippen molar-refractivity contribution in [3.63, 3.8) is 0 Å². The average molecular weight is 313 g/mol. The molecular weight excluding hydrogens is 286 g/mol. The molecule has 0 aromatic carbocycles. The molecule has 0 amide bonds. The molecule has 2 rings (SSSR count). The predicted octanol–water partition coefficient (Wildman–Crippen LogP) is 4.22.